The first kappa shape index (κ1) is 27.7. The molecule has 2 heterocycles. The summed E-state index contributed by atoms with van der Waals surface area (Å²) in [5.41, 5.74) is 4.22. The zero-order valence-corrected chi connectivity index (χ0v) is 22.1. The van der Waals surface area contributed by atoms with Crippen molar-refractivity contribution in [3.8, 4) is 5.75 Å². The van der Waals surface area contributed by atoms with E-state index in [0.29, 0.717) is 46.1 Å². The Morgan fingerprint density at radius 3 is 2.51 bits per heavy atom. The summed E-state index contributed by atoms with van der Waals surface area (Å²) in [5, 5.41) is 5.79. The Bertz CT molecular complexity index is 1240. The van der Waals surface area contributed by atoms with Gasteiger partial charge >= 0.3 is 11.9 Å². The molecule has 0 saturated carbocycles. The molecule has 3 rings (SSSR count). The third-order valence-corrected chi connectivity index (χ3v) is 6.26. The number of carbonyl (C=O) groups is 4. The third-order valence-electron chi connectivity index (χ3n) is 6.26. The maximum Gasteiger partial charge on any atom is 0.354 e. The van der Waals surface area contributed by atoms with Crippen molar-refractivity contribution in [1.82, 2.24) is 15.2 Å². The van der Waals surface area contributed by atoms with Crippen LogP contribution in [0.3, 0.4) is 0 Å². The molecule has 1 atom stereocenters. The first-order valence-electron chi connectivity index (χ1n) is 12.3. The van der Waals surface area contributed by atoms with Crippen LogP contribution in [-0.4, -0.2) is 65.9 Å². The summed E-state index contributed by atoms with van der Waals surface area (Å²) in [7, 11) is 0. The normalized spacial score (nSPS) is 14.4. The van der Waals surface area contributed by atoms with Crippen molar-refractivity contribution < 1.29 is 28.7 Å². The van der Waals surface area contributed by atoms with Gasteiger partial charge in [-0.25, -0.2) is 4.79 Å². The van der Waals surface area contributed by atoms with Crippen molar-refractivity contribution in [3.05, 3.63) is 46.3 Å². The van der Waals surface area contributed by atoms with Gasteiger partial charge < -0.3 is 30.0 Å². The number of aromatic nitrogens is 1. The van der Waals surface area contributed by atoms with E-state index in [1.807, 2.05) is 13.8 Å². The molecule has 37 heavy (non-hydrogen) atoms. The molecule has 0 fully saturated rings. The number of likely N-dealkylation sites (N-methyl/N-ethyl adjacent to an activating group) is 1. The number of nitrogens with zero attached hydrogens (tertiary/aromatic N) is 1. The SMILES string of the molecule is CCN(CC)CCNC(=O)c1c(C)[nH]c(/C=C2\C(=O)Nc3ccc(OC(C)C(=O)OC(C)=O)cc32)c1C. The van der Waals surface area contributed by atoms with Gasteiger partial charge in [0.1, 0.15) is 5.75 Å². The molecule has 1 aromatic heterocycles. The van der Waals surface area contributed by atoms with Crippen LogP contribution in [0.1, 0.15) is 60.6 Å². The number of amides is 2. The van der Waals surface area contributed by atoms with E-state index < -0.39 is 18.0 Å². The number of benzene rings is 1. The van der Waals surface area contributed by atoms with Gasteiger partial charge in [0.25, 0.3) is 11.8 Å². The number of carbonyl (C=O) groups excluding carboxylic acids is 4. The first-order valence-corrected chi connectivity index (χ1v) is 12.3. The number of hydrogen-bond acceptors (Lipinski definition) is 7. The molecule has 198 valence electrons. The smallest absolute Gasteiger partial charge is 0.354 e. The van der Waals surface area contributed by atoms with E-state index in [9.17, 15) is 19.2 Å². The van der Waals surface area contributed by atoms with Gasteiger partial charge in [0.05, 0.1) is 11.1 Å². The minimum absolute atomic E-state index is 0.165. The van der Waals surface area contributed by atoms with Crippen LogP contribution in [-0.2, 0) is 19.1 Å². The third kappa shape index (κ3) is 6.45. The molecule has 0 bridgehead atoms. The van der Waals surface area contributed by atoms with Crippen LogP contribution in [0.25, 0.3) is 11.6 Å². The Labute approximate surface area is 216 Å². The quantitative estimate of drug-likeness (QED) is 0.254. The van der Waals surface area contributed by atoms with Crippen LogP contribution >= 0.6 is 0 Å². The minimum atomic E-state index is -1.02. The Morgan fingerprint density at radius 1 is 1.16 bits per heavy atom. The lowest BCUT2D eigenvalue weighted by Crippen LogP contribution is -2.35. The predicted octanol–water partition coefficient (Wildman–Crippen LogP) is 3.05. The van der Waals surface area contributed by atoms with Gasteiger partial charge in [-0.3, -0.25) is 14.4 Å². The first-order chi connectivity index (χ1) is 17.5. The lowest BCUT2D eigenvalue weighted by atomic mass is 10.0. The molecule has 2 amide bonds. The highest BCUT2D eigenvalue weighted by Gasteiger charge is 2.27. The maximum atomic E-state index is 12.9. The number of aromatic amines is 1. The molecular weight excluding hydrogens is 476 g/mol. The van der Waals surface area contributed by atoms with Crippen molar-refractivity contribution in [1.29, 1.82) is 0 Å². The molecule has 0 saturated heterocycles. The van der Waals surface area contributed by atoms with E-state index in [4.69, 9.17) is 4.74 Å². The van der Waals surface area contributed by atoms with E-state index in [-0.39, 0.29) is 11.8 Å². The number of anilines is 1. The average Bonchev–Trinajstić information content (AvgIpc) is 3.30. The van der Waals surface area contributed by atoms with Crippen LogP contribution in [0.2, 0.25) is 0 Å². The van der Waals surface area contributed by atoms with Gasteiger partial charge in [-0.2, -0.15) is 0 Å². The molecule has 0 spiro atoms. The van der Waals surface area contributed by atoms with Crippen LogP contribution in [0.15, 0.2) is 18.2 Å². The highest BCUT2D eigenvalue weighted by Crippen LogP contribution is 2.36. The van der Waals surface area contributed by atoms with E-state index in [1.165, 1.54) is 6.92 Å². The van der Waals surface area contributed by atoms with Gasteiger partial charge in [0, 0.05) is 42.7 Å². The fourth-order valence-corrected chi connectivity index (χ4v) is 4.22. The topological polar surface area (TPSA) is 130 Å². The molecule has 10 heteroatoms. The Kier molecular flexibility index (Phi) is 8.88. The summed E-state index contributed by atoms with van der Waals surface area (Å²) in [6.45, 7) is 13.6. The van der Waals surface area contributed by atoms with Gasteiger partial charge in [0.15, 0.2) is 6.10 Å². The largest absolute Gasteiger partial charge is 0.479 e. The second-order valence-electron chi connectivity index (χ2n) is 8.84. The highest BCUT2D eigenvalue weighted by molar-refractivity contribution is 6.35. The summed E-state index contributed by atoms with van der Waals surface area (Å²) >= 11 is 0. The maximum absolute atomic E-state index is 12.9. The van der Waals surface area contributed by atoms with Crippen LogP contribution in [0.4, 0.5) is 5.69 Å². The summed E-state index contributed by atoms with van der Waals surface area (Å²) in [6, 6.07) is 4.93. The predicted molar refractivity (Wildman–Crippen MR) is 140 cm³/mol. The Balaban J connectivity index is 1.82. The fourth-order valence-electron chi connectivity index (χ4n) is 4.22. The van der Waals surface area contributed by atoms with Gasteiger partial charge in [-0.05, 0) is 63.7 Å². The Hall–Kier alpha value is -3.92. The van der Waals surface area contributed by atoms with Crippen molar-refractivity contribution >= 4 is 41.1 Å². The van der Waals surface area contributed by atoms with Gasteiger partial charge in [-0.15, -0.1) is 0 Å². The molecule has 2 aromatic rings. The van der Waals surface area contributed by atoms with Gasteiger partial charge in [0.2, 0.25) is 0 Å². The van der Waals surface area contributed by atoms with Crippen LogP contribution in [0.5, 0.6) is 5.75 Å². The summed E-state index contributed by atoms with van der Waals surface area (Å²) in [5.74, 6) is -1.65. The number of rotatable bonds is 10. The molecule has 3 N–H and O–H groups in total. The molecule has 0 aliphatic carbocycles. The number of ether oxygens (including phenoxy) is 2. The number of esters is 2. The number of fused-ring (bicyclic) bond motifs is 1. The number of nitrogens with one attached hydrogen (secondary N) is 3. The number of H-pyrrole nitrogens is 1. The molecule has 1 aliphatic heterocycles. The van der Waals surface area contributed by atoms with E-state index in [1.54, 1.807) is 24.3 Å². The monoisotopic (exact) mass is 510 g/mol. The molecular formula is C27H34N4O6. The number of hydrogen-bond donors (Lipinski definition) is 3. The van der Waals surface area contributed by atoms with Crippen molar-refractivity contribution in [3.63, 3.8) is 0 Å². The fraction of sp³-hybridized carbons (Fsp3) is 0.407. The molecule has 1 aromatic carbocycles. The molecule has 1 aliphatic rings. The zero-order chi connectivity index (χ0) is 27.3. The van der Waals surface area contributed by atoms with Crippen molar-refractivity contribution in [2.75, 3.05) is 31.5 Å². The van der Waals surface area contributed by atoms with E-state index >= 15 is 0 Å². The molecule has 1 unspecified atom stereocenters. The molecule has 0 radical (unpaired) electrons. The van der Waals surface area contributed by atoms with E-state index in [2.05, 4.69) is 39.1 Å². The molecule has 10 nitrogen and oxygen atoms in total. The standard InChI is InChI=1S/C27H34N4O6/c1-7-31(8-2)12-11-28-26(34)24-15(3)23(29-16(24)4)14-21-20-13-19(9-10-22(20)30-25(21)33)36-17(5)27(35)37-18(6)32/h9-10,13-14,17,29H,7-8,11-12H2,1-6H3,(H,28,34)(H,30,33)/b21-14-. The van der Waals surface area contributed by atoms with Crippen molar-refractivity contribution in [2.24, 2.45) is 0 Å². The van der Waals surface area contributed by atoms with Crippen LogP contribution < -0.4 is 15.4 Å². The average molecular weight is 511 g/mol. The summed E-state index contributed by atoms with van der Waals surface area (Å²) < 4.78 is 10.2. The second kappa shape index (κ2) is 11.9. The van der Waals surface area contributed by atoms with Gasteiger partial charge in [-0.1, -0.05) is 13.8 Å². The summed E-state index contributed by atoms with van der Waals surface area (Å²) in [6.07, 6.45) is 0.684. The van der Waals surface area contributed by atoms with E-state index in [0.717, 1.165) is 32.1 Å². The van der Waals surface area contributed by atoms with Crippen LogP contribution in [0, 0.1) is 13.8 Å². The summed E-state index contributed by atoms with van der Waals surface area (Å²) in [4.78, 5) is 54.1. The highest BCUT2D eigenvalue weighted by atomic mass is 16.6. The number of aryl methyl sites for hydroxylation is 1. The zero-order valence-electron chi connectivity index (χ0n) is 22.1. The van der Waals surface area contributed by atoms with Crippen molar-refractivity contribution in [2.45, 2.75) is 47.6 Å². The minimum Gasteiger partial charge on any atom is -0.479 e. The Morgan fingerprint density at radius 2 is 1.86 bits per heavy atom. The second-order valence-corrected chi connectivity index (χ2v) is 8.84. The lowest BCUT2D eigenvalue weighted by Gasteiger charge is -2.18. The lowest BCUT2D eigenvalue weighted by molar-refractivity contribution is -0.162.